The Hall–Kier alpha value is -0.830. The van der Waals surface area contributed by atoms with Gasteiger partial charge in [-0.05, 0) is 61.0 Å². The SMILES string of the molecule is CCNC(=NCCCn1nc(C)cc1C)NCCN(C(C)C)C(C)C.I. The summed E-state index contributed by atoms with van der Waals surface area (Å²) in [4.78, 5) is 7.17. The van der Waals surface area contributed by atoms with Gasteiger partial charge in [-0.1, -0.05) is 0 Å². The molecule has 2 N–H and O–H groups in total. The molecule has 0 atom stereocenters. The van der Waals surface area contributed by atoms with E-state index in [2.05, 4.69) is 77.9 Å². The van der Waals surface area contributed by atoms with Crippen molar-refractivity contribution in [2.24, 2.45) is 4.99 Å². The minimum absolute atomic E-state index is 0. The molecule has 6 nitrogen and oxygen atoms in total. The molecule has 7 heteroatoms. The number of aliphatic imine (C=N–C) groups is 1. The number of hydrogen-bond acceptors (Lipinski definition) is 3. The molecule has 0 bridgehead atoms. The molecule has 0 saturated heterocycles. The molecule has 1 aromatic rings. The van der Waals surface area contributed by atoms with Crippen LogP contribution in [-0.4, -0.2) is 58.9 Å². The van der Waals surface area contributed by atoms with Gasteiger partial charge in [0.2, 0.25) is 0 Å². The molecular formula is C19H39IN6. The predicted molar refractivity (Wildman–Crippen MR) is 123 cm³/mol. The van der Waals surface area contributed by atoms with Crippen LogP contribution in [0.15, 0.2) is 11.1 Å². The van der Waals surface area contributed by atoms with E-state index >= 15 is 0 Å². The first-order chi connectivity index (χ1) is 11.8. The van der Waals surface area contributed by atoms with E-state index < -0.39 is 0 Å². The highest BCUT2D eigenvalue weighted by atomic mass is 127. The molecule has 26 heavy (non-hydrogen) atoms. The monoisotopic (exact) mass is 478 g/mol. The molecule has 0 aliphatic rings. The largest absolute Gasteiger partial charge is 0.357 e. The number of hydrogen-bond donors (Lipinski definition) is 2. The van der Waals surface area contributed by atoms with Crippen LogP contribution < -0.4 is 10.6 Å². The lowest BCUT2D eigenvalue weighted by atomic mass is 10.2. The van der Waals surface area contributed by atoms with E-state index in [4.69, 9.17) is 0 Å². The molecule has 0 aliphatic carbocycles. The molecule has 0 saturated carbocycles. The second-order valence-corrected chi connectivity index (χ2v) is 7.12. The number of guanidine groups is 1. The van der Waals surface area contributed by atoms with Crippen molar-refractivity contribution in [2.75, 3.05) is 26.2 Å². The summed E-state index contributed by atoms with van der Waals surface area (Å²) in [6, 6.07) is 3.23. The fourth-order valence-corrected chi connectivity index (χ4v) is 3.07. The standard InChI is InChI=1S/C19H38N6.HI/c1-8-20-19(22-11-13-24(15(2)3)16(4)5)21-10-9-12-25-18(7)14-17(6)23-25;/h14-16H,8-13H2,1-7H3,(H2,20,21,22);1H. The van der Waals surface area contributed by atoms with Crippen molar-refractivity contribution < 1.29 is 0 Å². The Labute approximate surface area is 177 Å². The number of aromatic nitrogens is 2. The second-order valence-electron chi connectivity index (χ2n) is 7.12. The summed E-state index contributed by atoms with van der Waals surface area (Å²) in [5, 5.41) is 11.3. The fraction of sp³-hybridized carbons (Fsp3) is 0.789. The van der Waals surface area contributed by atoms with Crippen molar-refractivity contribution in [3.05, 3.63) is 17.5 Å². The quantitative estimate of drug-likeness (QED) is 0.235. The van der Waals surface area contributed by atoms with Crippen LogP contribution in [0, 0.1) is 13.8 Å². The van der Waals surface area contributed by atoms with E-state index in [0.717, 1.165) is 50.8 Å². The van der Waals surface area contributed by atoms with Crippen LogP contribution in [-0.2, 0) is 6.54 Å². The van der Waals surface area contributed by atoms with Gasteiger partial charge in [-0.15, -0.1) is 24.0 Å². The summed E-state index contributed by atoms with van der Waals surface area (Å²) in [7, 11) is 0. The molecule has 0 unspecified atom stereocenters. The average molecular weight is 478 g/mol. The van der Waals surface area contributed by atoms with Gasteiger partial charge < -0.3 is 10.6 Å². The minimum atomic E-state index is 0. The van der Waals surface area contributed by atoms with Gasteiger partial charge in [0.1, 0.15) is 0 Å². The van der Waals surface area contributed by atoms with Crippen LogP contribution in [0.25, 0.3) is 0 Å². The lowest BCUT2D eigenvalue weighted by Gasteiger charge is -2.30. The molecule has 1 heterocycles. The molecule has 152 valence electrons. The zero-order chi connectivity index (χ0) is 18.8. The molecule has 0 radical (unpaired) electrons. The van der Waals surface area contributed by atoms with E-state index in [-0.39, 0.29) is 24.0 Å². The number of nitrogens with zero attached hydrogens (tertiary/aromatic N) is 4. The maximum atomic E-state index is 4.69. The minimum Gasteiger partial charge on any atom is -0.357 e. The van der Waals surface area contributed by atoms with Crippen LogP contribution in [0.1, 0.15) is 52.4 Å². The Kier molecular flexibility index (Phi) is 12.9. The molecule has 0 spiro atoms. The Morgan fingerprint density at radius 2 is 1.85 bits per heavy atom. The molecule has 1 rings (SSSR count). The smallest absolute Gasteiger partial charge is 0.191 e. The van der Waals surface area contributed by atoms with Crippen LogP contribution in [0.2, 0.25) is 0 Å². The van der Waals surface area contributed by atoms with Gasteiger partial charge in [0, 0.05) is 50.5 Å². The van der Waals surface area contributed by atoms with Gasteiger partial charge in [-0.2, -0.15) is 5.10 Å². The molecular weight excluding hydrogens is 439 g/mol. The van der Waals surface area contributed by atoms with Crippen LogP contribution in [0.3, 0.4) is 0 Å². The first kappa shape index (κ1) is 25.2. The van der Waals surface area contributed by atoms with Crippen molar-refractivity contribution >= 4 is 29.9 Å². The van der Waals surface area contributed by atoms with E-state index in [9.17, 15) is 0 Å². The lowest BCUT2D eigenvalue weighted by molar-refractivity contribution is 0.178. The Bertz CT molecular complexity index is 516. The maximum absolute atomic E-state index is 4.69. The summed E-state index contributed by atoms with van der Waals surface area (Å²) in [6.45, 7) is 19.7. The Morgan fingerprint density at radius 1 is 1.19 bits per heavy atom. The van der Waals surface area contributed by atoms with Gasteiger partial charge in [-0.25, -0.2) is 0 Å². The number of rotatable bonds is 10. The predicted octanol–water partition coefficient (Wildman–Crippen LogP) is 3.18. The fourth-order valence-electron chi connectivity index (χ4n) is 3.07. The topological polar surface area (TPSA) is 57.5 Å². The third-order valence-corrected chi connectivity index (χ3v) is 4.23. The molecule has 0 aliphatic heterocycles. The van der Waals surface area contributed by atoms with Crippen LogP contribution in [0.4, 0.5) is 0 Å². The highest BCUT2D eigenvalue weighted by Gasteiger charge is 2.12. The highest BCUT2D eigenvalue weighted by molar-refractivity contribution is 14.0. The third-order valence-electron chi connectivity index (χ3n) is 4.23. The van der Waals surface area contributed by atoms with Crippen molar-refractivity contribution in [1.29, 1.82) is 0 Å². The van der Waals surface area contributed by atoms with Crippen LogP contribution >= 0.6 is 24.0 Å². The Balaban J connectivity index is 0.00000625. The van der Waals surface area contributed by atoms with Crippen LogP contribution in [0.5, 0.6) is 0 Å². The van der Waals surface area contributed by atoms with E-state index in [1.807, 2.05) is 6.92 Å². The van der Waals surface area contributed by atoms with Crippen molar-refractivity contribution in [1.82, 2.24) is 25.3 Å². The van der Waals surface area contributed by atoms with E-state index in [1.54, 1.807) is 0 Å². The summed E-state index contributed by atoms with van der Waals surface area (Å²) in [6.07, 6.45) is 0.989. The van der Waals surface area contributed by atoms with Crippen molar-refractivity contribution in [3.8, 4) is 0 Å². The Morgan fingerprint density at radius 3 is 2.35 bits per heavy atom. The summed E-state index contributed by atoms with van der Waals surface area (Å²) in [5.74, 6) is 0.906. The van der Waals surface area contributed by atoms with Gasteiger partial charge in [-0.3, -0.25) is 14.6 Å². The molecule has 0 amide bonds. The molecule has 1 aromatic heterocycles. The van der Waals surface area contributed by atoms with Crippen molar-refractivity contribution in [2.45, 2.75) is 73.5 Å². The van der Waals surface area contributed by atoms with E-state index in [1.165, 1.54) is 5.69 Å². The average Bonchev–Trinajstić information content (AvgIpc) is 2.84. The highest BCUT2D eigenvalue weighted by Crippen LogP contribution is 2.04. The summed E-state index contributed by atoms with van der Waals surface area (Å²) < 4.78 is 2.06. The first-order valence-electron chi connectivity index (χ1n) is 9.64. The number of halogens is 1. The normalized spacial score (nSPS) is 12.0. The summed E-state index contributed by atoms with van der Waals surface area (Å²) >= 11 is 0. The number of aryl methyl sites for hydroxylation is 3. The zero-order valence-electron chi connectivity index (χ0n) is 17.7. The summed E-state index contributed by atoms with van der Waals surface area (Å²) in [5.41, 5.74) is 2.30. The molecule has 0 fully saturated rings. The van der Waals surface area contributed by atoms with Crippen molar-refractivity contribution in [3.63, 3.8) is 0 Å². The van der Waals surface area contributed by atoms with Gasteiger partial charge in [0.05, 0.1) is 5.69 Å². The second kappa shape index (κ2) is 13.4. The van der Waals surface area contributed by atoms with Gasteiger partial charge >= 0.3 is 0 Å². The molecule has 0 aromatic carbocycles. The lowest BCUT2D eigenvalue weighted by Crippen LogP contribution is -2.45. The number of nitrogens with one attached hydrogen (secondary N) is 2. The first-order valence-corrected chi connectivity index (χ1v) is 9.64. The zero-order valence-corrected chi connectivity index (χ0v) is 20.0. The maximum Gasteiger partial charge on any atom is 0.191 e. The van der Waals surface area contributed by atoms with Gasteiger partial charge in [0.15, 0.2) is 5.96 Å². The van der Waals surface area contributed by atoms with Gasteiger partial charge in [0.25, 0.3) is 0 Å². The van der Waals surface area contributed by atoms with E-state index in [0.29, 0.717) is 12.1 Å². The third kappa shape index (κ3) is 9.21.